The van der Waals surface area contributed by atoms with Crippen molar-refractivity contribution in [2.75, 3.05) is 0 Å². The Balaban J connectivity index is 3.63. The van der Waals surface area contributed by atoms with E-state index in [2.05, 4.69) is 0 Å². The third-order valence-electron chi connectivity index (χ3n) is 1.90. The van der Waals surface area contributed by atoms with E-state index < -0.39 is 38.9 Å². The lowest BCUT2D eigenvalue weighted by molar-refractivity contribution is -0.162. The Morgan fingerprint density at radius 1 is 1.00 bits per heavy atom. The predicted molar refractivity (Wildman–Crippen MR) is 54.7 cm³/mol. The number of alkyl halides is 8. The van der Waals surface area contributed by atoms with E-state index in [-0.39, 0.29) is 6.07 Å². The van der Waals surface area contributed by atoms with E-state index >= 15 is 0 Å². The van der Waals surface area contributed by atoms with Gasteiger partial charge < -0.3 is 0 Å². The van der Waals surface area contributed by atoms with Crippen molar-refractivity contribution in [3.05, 3.63) is 33.8 Å². The normalized spacial score (nSPS) is 13.2. The monoisotopic (exact) mass is 329 g/mol. The van der Waals surface area contributed by atoms with Crippen molar-refractivity contribution in [2.24, 2.45) is 0 Å². The molecule has 1 aromatic rings. The highest BCUT2D eigenvalue weighted by molar-refractivity contribution is 6.45. The number of rotatable bonds is 1. The van der Waals surface area contributed by atoms with E-state index in [1.165, 1.54) is 0 Å². The Kier molecular flexibility index (Phi) is 4.35. The number of hydrogen-bond acceptors (Lipinski definition) is 0. The number of benzene rings is 1. The van der Waals surface area contributed by atoms with Crippen molar-refractivity contribution in [1.29, 1.82) is 0 Å². The molecule has 101 valence electrons. The molecule has 18 heavy (non-hydrogen) atoms. The average molecular weight is 330 g/mol. The summed E-state index contributed by atoms with van der Waals surface area (Å²) < 4.78 is 75.1. The van der Waals surface area contributed by atoms with E-state index in [9.17, 15) is 26.3 Å². The minimum absolute atomic E-state index is 0.127. The maximum atomic E-state index is 12.6. The summed E-state index contributed by atoms with van der Waals surface area (Å²) in [6, 6.07) is 2.03. The smallest absolute Gasteiger partial charge is 0.166 e. The Morgan fingerprint density at radius 2 is 1.50 bits per heavy atom. The summed E-state index contributed by atoms with van der Waals surface area (Å²) >= 11 is 15.9. The molecule has 0 amide bonds. The molecule has 0 saturated carbocycles. The van der Waals surface area contributed by atoms with Crippen LogP contribution in [-0.4, -0.2) is 0 Å². The van der Waals surface area contributed by atoms with Crippen LogP contribution in [0.3, 0.4) is 0 Å². The van der Waals surface area contributed by atoms with Gasteiger partial charge in [-0.05, 0) is 12.1 Å². The van der Waals surface area contributed by atoms with Crippen LogP contribution in [0.4, 0.5) is 26.3 Å². The highest BCUT2D eigenvalue weighted by Crippen LogP contribution is 2.46. The van der Waals surface area contributed by atoms with Crippen LogP contribution >= 0.6 is 34.8 Å². The van der Waals surface area contributed by atoms with Gasteiger partial charge in [0.05, 0.1) is 16.1 Å². The van der Waals surface area contributed by atoms with Gasteiger partial charge in [0.25, 0.3) is 0 Å². The summed E-state index contributed by atoms with van der Waals surface area (Å²) in [5.41, 5.74) is -4.50. The van der Waals surface area contributed by atoms with E-state index in [1.54, 1.807) is 0 Å². The molecule has 0 aliphatic rings. The average Bonchev–Trinajstić information content (AvgIpc) is 2.12. The molecule has 1 radical (unpaired) electrons. The largest absolute Gasteiger partial charge is 0.418 e. The summed E-state index contributed by atoms with van der Waals surface area (Å²) in [6.07, 6.45) is -10.5. The Bertz CT molecular complexity index is 449. The van der Waals surface area contributed by atoms with Crippen LogP contribution in [0.25, 0.3) is 0 Å². The first kappa shape index (κ1) is 15.7. The molecular formula is C9H2Cl3F6. The van der Waals surface area contributed by atoms with E-state index in [1.807, 2.05) is 6.07 Å². The van der Waals surface area contributed by atoms with Crippen LogP contribution < -0.4 is 0 Å². The molecule has 1 aromatic carbocycles. The van der Waals surface area contributed by atoms with Crippen molar-refractivity contribution < 1.29 is 26.3 Å². The zero-order valence-electron chi connectivity index (χ0n) is 8.06. The first-order valence-electron chi connectivity index (χ1n) is 4.13. The van der Waals surface area contributed by atoms with Gasteiger partial charge in [0.2, 0.25) is 0 Å². The van der Waals surface area contributed by atoms with Gasteiger partial charge in [-0.3, -0.25) is 0 Å². The maximum Gasteiger partial charge on any atom is 0.418 e. The molecule has 0 aliphatic carbocycles. The fourth-order valence-electron chi connectivity index (χ4n) is 1.20. The zero-order chi connectivity index (χ0) is 14.3. The molecule has 0 aliphatic heterocycles. The fourth-order valence-corrected chi connectivity index (χ4v) is 2.03. The molecule has 0 bridgehead atoms. The van der Waals surface area contributed by atoms with Crippen LogP contribution in [0.5, 0.6) is 0 Å². The second kappa shape index (κ2) is 4.98. The van der Waals surface area contributed by atoms with Gasteiger partial charge >= 0.3 is 12.4 Å². The molecule has 0 spiro atoms. The van der Waals surface area contributed by atoms with Crippen molar-refractivity contribution in [3.8, 4) is 0 Å². The summed E-state index contributed by atoms with van der Waals surface area (Å²) in [6.45, 7) is 0. The van der Waals surface area contributed by atoms with Crippen LogP contribution in [0.15, 0.2) is 6.07 Å². The van der Waals surface area contributed by atoms with Gasteiger partial charge in [0, 0.05) is 5.56 Å². The van der Waals surface area contributed by atoms with Gasteiger partial charge in [-0.1, -0.05) is 34.8 Å². The Morgan fingerprint density at radius 3 is 1.83 bits per heavy atom. The lowest BCUT2D eigenvalue weighted by Gasteiger charge is -2.18. The molecule has 0 heterocycles. The predicted octanol–water partition coefficient (Wildman–Crippen LogP) is 5.65. The molecule has 1 rings (SSSR count). The van der Waals surface area contributed by atoms with Crippen molar-refractivity contribution in [2.45, 2.75) is 17.2 Å². The number of hydrogen-bond donors (Lipinski definition) is 0. The highest BCUT2D eigenvalue weighted by atomic mass is 35.5. The van der Waals surface area contributed by atoms with Crippen molar-refractivity contribution >= 4 is 34.8 Å². The Labute approximate surface area is 112 Å². The molecule has 9 heteroatoms. The van der Waals surface area contributed by atoms with Gasteiger partial charge in [-0.15, -0.1) is 0 Å². The molecule has 0 aromatic heterocycles. The topological polar surface area (TPSA) is 0 Å². The van der Waals surface area contributed by atoms with E-state index in [4.69, 9.17) is 34.8 Å². The first-order chi connectivity index (χ1) is 7.96. The lowest BCUT2D eigenvalue weighted by Crippen LogP contribution is -2.18. The SMILES string of the molecule is FC(F)(F)c1c[c]c(C(Cl)Cl)c(Cl)c1C(F)(F)F. The van der Waals surface area contributed by atoms with Gasteiger partial charge in [-0.25, -0.2) is 0 Å². The standard InChI is InChI=1S/C9H2Cl3F6/c10-6-3(7(11)12)1-2-4(8(13,14)15)5(6)9(16,17)18/h2,7H. The fraction of sp³-hybridized carbons (Fsp3) is 0.333. The molecule has 0 fully saturated rings. The van der Waals surface area contributed by atoms with Crippen molar-refractivity contribution in [1.82, 2.24) is 0 Å². The van der Waals surface area contributed by atoms with Gasteiger partial charge in [0.15, 0.2) is 0 Å². The van der Waals surface area contributed by atoms with Gasteiger partial charge in [-0.2, -0.15) is 26.3 Å². The van der Waals surface area contributed by atoms with Crippen LogP contribution in [0, 0.1) is 6.07 Å². The second-order valence-electron chi connectivity index (χ2n) is 3.10. The molecular weight excluding hydrogens is 328 g/mol. The van der Waals surface area contributed by atoms with Crippen LogP contribution in [-0.2, 0) is 12.4 Å². The van der Waals surface area contributed by atoms with Crippen LogP contribution in [0.1, 0.15) is 21.5 Å². The maximum absolute atomic E-state index is 12.6. The van der Waals surface area contributed by atoms with Crippen molar-refractivity contribution in [3.63, 3.8) is 0 Å². The van der Waals surface area contributed by atoms with Gasteiger partial charge in [0.1, 0.15) is 4.84 Å². The number of halogens is 9. The summed E-state index contributed by atoms with van der Waals surface area (Å²) in [5.74, 6) is 0. The summed E-state index contributed by atoms with van der Waals surface area (Å²) in [4.78, 5) is -1.51. The molecule has 0 N–H and O–H groups in total. The Hall–Kier alpha value is -0.330. The zero-order valence-corrected chi connectivity index (χ0v) is 10.3. The quantitative estimate of drug-likeness (QED) is 0.461. The second-order valence-corrected chi connectivity index (χ2v) is 4.58. The molecule has 0 saturated heterocycles. The minimum atomic E-state index is -5.28. The van der Waals surface area contributed by atoms with Crippen LogP contribution in [0.2, 0.25) is 5.02 Å². The van der Waals surface area contributed by atoms with E-state index in [0.717, 1.165) is 0 Å². The first-order valence-corrected chi connectivity index (χ1v) is 5.38. The third kappa shape index (κ3) is 3.16. The van der Waals surface area contributed by atoms with E-state index in [0.29, 0.717) is 0 Å². The molecule has 0 nitrogen and oxygen atoms in total. The lowest BCUT2D eigenvalue weighted by atomic mass is 10.0. The highest BCUT2D eigenvalue weighted by Gasteiger charge is 2.45. The summed E-state index contributed by atoms with van der Waals surface area (Å²) in [5, 5.41) is -1.20. The third-order valence-corrected chi connectivity index (χ3v) is 2.73. The minimum Gasteiger partial charge on any atom is -0.166 e. The molecule has 0 unspecified atom stereocenters. The molecule has 0 atom stereocenters. The summed E-state index contributed by atoms with van der Waals surface area (Å²) in [7, 11) is 0.